The van der Waals surface area contributed by atoms with Crippen molar-refractivity contribution < 1.29 is 17.9 Å². The summed E-state index contributed by atoms with van der Waals surface area (Å²) < 4.78 is 40.3. The zero-order valence-electron chi connectivity index (χ0n) is 12.7. The topological polar surface area (TPSA) is 74.6 Å². The van der Waals surface area contributed by atoms with Gasteiger partial charge in [0.15, 0.2) is 5.69 Å². The van der Waals surface area contributed by atoms with Crippen LogP contribution in [0.3, 0.4) is 0 Å². The minimum atomic E-state index is -4.69. The summed E-state index contributed by atoms with van der Waals surface area (Å²) in [6, 6.07) is 15.1. The van der Waals surface area contributed by atoms with Gasteiger partial charge in [0, 0.05) is 5.56 Å². The standard InChI is InChI=1S/C17H11F3N4O/c18-17(19,20)25-14-7-3-12(4-8-14)9-11-1-5-13(6-2-11)16-15(10-21)22-24-23-16/h1-8H,9H2,(H,22,23,24). The molecule has 3 aromatic rings. The second kappa shape index (κ2) is 6.65. The number of nitriles is 1. The van der Waals surface area contributed by atoms with E-state index in [0.717, 1.165) is 16.7 Å². The van der Waals surface area contributed by atoms with Gasteiger partial charge in [-0.05, 0) is 29.7 Å². The monoisotopic (exact) mass is 344 g/mol. The number of alkyl halides is 3. The van der Waals surface area contributed by atoms with Crippen LogP contribution in [0.1, 0.15) is 16.8 Å². The molecule has 2 aromatic carbocycles. The molecule has 0 unspecified atom stereocenters. The number of benzene rings is 2. The summed E-state index contributed by atoms with van der Waals surface area (Å²) in [5, 5.41) is 19.0. The Balaban J connectivity index is 1.71. The molecular formula is C17H11F3N4O. The van der Waals surface area contributed by atoms with Gasteiger partial charge in [0.1, 0.15) is 17.5 Å². The Morgan fingerprint density at radius 3 is 2.16 bits per heavy atom. The molecule has 0 spiro atoms. The summed E-state index contributed by atoms with van der Waals surface area (Å²) in [6.45, 7) is 0. The number of nitrogens with one attached hydrogen (secondary N) is 1. The molecule has 0 bridgehead atoms. The van der Waals surface area contributed by atoms with Gasteiger partial charge in [0.05, 0.1) is 0 Å². The number of nitrogens with zero attached hydrogens (tertiary/aromatic N) is 3. The summed E-state index contributed by atoms with van der Waals surface area (Å²) in [6.07, 6.45) is -4.14. The normalized spacial score (nSPS) is 11.1. The van der Waals surface area contributed by atoms with Gasteiger partial charge in [-0.25, -0.2) is 5.10 Å². The maximum absolute atomic E-state index is 12.1. The van der Waals surface area contributed by atoms with E-state index in [9.17, 15) is 13.2 Å². The van der Waals surface area contributed by atoms with E-state index in [2.05, 4.69) is 20.1 Å². The molecule has 1 aromatic heterocycles. The number of hydrogen-bond acceptors (Lipinski definition) is 4. The second-order valence-electron chi connectivity index (χ2n) is 5.21. The van der Waals surface area contributed by atoms with Crippen molar-refractivity contribution in [3.8, 4) is 23.1 Å². The highest BCUT2D eigenvalue weighted by molar-refractivity contribution is 5.64. The van der Waals surface area contributed by atoms with Crippen LogP contribution < -0.4 is 4.74 Å². The molecule has 0 amide bonds. The number of hydrogen-bond donors (Lipinski definition) is 1. The molecule has 25 heavy (non-hydrogen) atoms. The number of aromatic nitrogens is 3. The predicted octanol–water partition coefficient (Wildman–Crippen LogP) is 3.83. The van der Waals surface area contributed by atoms with Crippen molar-refractivity contribution >= 4 is 0 Å². The Labute approximate surface area is 140 Å². The molecule has 0 saturated carbocycles. The van der Waals surface area contributed by atoms with Crippen LogP contribution in [0.2, 0.25) is 0 Å². The van der Waals surface area contributed by atoms with Gasteiger partial charge in [-0.2, -0.15) is 5.26 Å². The van der Waals surface area contributed by atoms with Gasteiger partial charge >= 0.3 is 6.36 Å². The number of rotatable bonds is 4. The molecule has 1 N–H and O–H groups in total. The van der Waals surface area contributed by atoms with Gasteiger partial charge < -0.3 is 4.74 Å². The fraction of sp³-hybridized carbons (Fsp3) is 0.118. The Kier molecular flexibility index (Phi) is 4.39. The largest absolute Gasteiger partial charge is 0.573 e. The fourth-order valence-electron chi connectivity index (χ4n) is 2.33. The van der Waals surface area contributed by atoms with Crippen molar-refractivity contribution in [2.45, 2.75) is 12.8 Å². The Hall–Kier alpha value is -3.34. The van der Waals surface area contributed by atoms with Crippen LogP contribution in [0.5, 0.6) is 5.75 Å². The lowest BCUT2D eigenvalue weighted by molar-refractivity contribution is -0.274. The van der Waals surface area contributed by atoms with Crippen LogP contribution in [0.15, 0.2) is 48.5 Å². The SMILES string of the molecule is N#Cc1[nH]nnc1-c1ccc(Cc2ccc(OC(F)(F)F)cc2)cc1. The van der Waals surface area contributed by atoms with Gasteiger partial charge in [-0.15, -0.1) is 18.3 Å². The Bertz CT molecular complexity index is 893. The van der Waals surface area contributed by atoms with Crippen LogP contribution >= 0.6 is 0 Å². The zero-order chi connectivity index (χ0) is 17.9. The minimum absolute atomic E-state index is 0.248. The molecule has 0 aliphatic rings. The van der Waals surface area contributed by atoms with Gasteiger partial charge in [-0.3, -0.25) is 0 Å². The van der Waals surface area contributed by atoms with Gasteiger partial charge in [0.2, 0.25) is 0 Å². The van der Waals surface area contributed by atoms with E-state index in [-0.39, 0.29) is 11.4 Å². The lowest BCUT2D eigenvalue weighted by atomic mass is 10.0. The third-order valence-corrected chi connectivity index (χ3v) is 3.45. The molecule has 126 valence electrons. The van der Waals surface area contributed by atoms with Gasteiger partial charge in [0.25, 0.3) is 0 Å². The number of aromatic amines is 1. The second-order valence-corrected chi connectivity index (χ2v) is 5.21. The van der Waals surface area contributed by atoms with Gasteiger partial charge in [-0.1, -0.05) is 41.6 Å². The first kappa shape index (κ1) is 16.5. The van der Waals surface area contributed by atoms with Crippen LogP contribution in [-0.4, -0.2) is 21.8 Å². The van der Waals surface area contributed by atoms with Crippen molar-refractivity contribution in [2.24, 2.45) is 0 Å². The van der Waals surface area contributed by atoms with E-state index in [0.29, 0.717) is 12.1 Å². The zero-order valence-corrected chi connectivity index (χ0v) is 12.7. The van der Waals surface area contributed by atoms with Crippen LogP contribution in [0.25, 0.3) is 11.3 Å². The van der Waals surface area contributed by atoms with E-state index < -0.39 is 6.36 Å². The maximum atomic E-state index is 12.1. The van der Waals surface area contributed by atoms with Crippen LogP contribution in [-0.2, 0) is 6.42 Å². The summed E-state index contributed by atoms with van der Waals surface area (Å²) in [7, 11) is 0. The number of halogens is 3. The smallest absolute Gasteiger partial charge is 0.406 e. The molecule has 8 heteroatoms. The van der Waals surface area contributed by atoms with E-state index in [4.69, 9.17) is 5.26 Å². The van der Waals surface area contributed by atoms with Crippen LogP contribution in [0.4, 0.5) is 13.2 Å². The maximum Gasteiger partial charge on any atom is 0.573 e. The molecule has 5 nitrogen and oxygen atoms in total. The molecule has 0 atom stereocenters. The first-order chi connectivity index (χ1) is 11.9. The van der Waals surface area contributed by atoms with E-state index >= 15 is 0 Å². The minimum Gasteiger partial charge on any atom is -0.406 e. The highest BCUT2D eigenvalue weighted by atomic mass is 19.4. The average molecular weight is 344 g/mol. The van der Waals surface area contributed by atoms with Crippen molar-refractivity contribution in [2.75, 3.05) is 0 Å². The predicted molar refractivity (Wildman–Crippen MR) is 82.5 cm³/mol. The number of H-pyrrole nitrogens is 1. The van der Waals surface area contributed by atoms with Crippen LogP contribution in [0, 0.1) is 11.3 Å². The highest BCUT2D eigenvalue weighted by Gasteiger charge is 2.30. The van der Waals surface area contributed by atoms with E-state index in [1.807, 2.05) is 30.3 Å². The molecule has 0 fully saturated rings. The number of ether oxygens (including phenoxy) is 1. The molecule has 3 rings (SSSR count). The molecule has 0 aliphatic carbocycles. The first-order valence-electron chi connectivity index (χ1n) is 7.20. The molecule has 0 aliphatic heterocycles. The Morgan fingerprint density at radius 1 is 1.00 bits per heavy atom. The van der Waals surface area contributed by atoms with Crippen molar-refractivity contribution in [3.63, 3.8) is 0 Å². The third kappa shape index (κ3) is 4.14. The van der Waals surface area contributed by atoms with Crippen molar-refractivity contribution in [3.05, 3.63) is 65.4 Å². The van der Waals surface area contributed by atoms with Crippen molar-refractivity contribution in [1.82, 2.24) is 15.4 Å². The quantitative estimate of drug-likeness (QED) is 0.780. The summed E-state index contributed by atoms with van der Waals surface area (Å²) in [4.78, 5) is 0. The molecule has 1 heterocycles. The lowest BCUT2D eigenvalue weighted by Gasteiger charge is -2.09. The molecule has 0 saturated heterocycles. The first-order valence-corrected chi connectivity index (χ1v) is 7.20. The fourth-order valence-corrected chi connectivity index (χ4v) is 2.33. The molecule has 0 radical (unpaired) electrons. The van der Waals surface area contributed by atoms with E-state index in [1.54, 1.807) is 12.1 Å². The Morgan fingerprint density at radius 2 is 1.60 bits per heavy atom. The summed E-state index contributed by atoms with van der Waals surface area (Å²) in [5.74, 6) is -0.248. The van der Waals surface area contributed by atoms with E-state index in [1.165, 1.54) is 12.1 Å². The average Bonchev–Trinajstić information content (AvgIpc) is 3.05. The third-order valence-electron chi connectivity index (χ3n) is 3.45. The molecular weight excluding hydrogens is 333 g/mol. The lowest BCUT2D eigenvalue weighted by Crippen LogP contribution is -2.17. The summed E-state index contributed by atoms with van der Waals surface area (Å²) >= 11 is 0. The highest BCUT2D eigenvalue weighted by Crippen LogP contribution is 2.24. The van der Waals surface area contributed by atoms with Crippen molar-refractivity contribution in [1.29, 1.82) is 5.26 Å². The summed E-state index contributed by atoms with van der Waals surface area (Å²) in [5.41, 5.74) is 3.33.